The van der Waals surface area contributed by atoms with Crippen LogP contribution in [0, 0.1) is 0 Å². The molecule has 0 bridgehead atoms. The predicted octanol–water partition coefficient (Wildman–Crippen LogP) is 1.66. The third-order valence-corrected chi connectivity index (χ3v) is 3.30. The Hall–Kier alpha value is -0.930. The molecule has 2 heterocycles. The average Bonchev–Trinajstić information content (AvgIpc) is 2.56. The number of nitrogens with one attached hydrogen (secondary N) is 1. The fourth-order valence-corrected chi connectivity index (χ4v) is 2.23. The van der Waals surface area contributed by atoms with Crippen molar-refractivity contribution < 1.29 is 0 Å². The zero-order chi connectivity index (χ0) is 11.2. The lowest BCUT2D eigenvalue weighted by atomic mass is 10.1. The highest BCUT2D eigenvalue weighted by Crippen LogP contribution is 2.08. The minimum atomic E-state index is 0.711. The Labute approximate surface area is 97.9 Å². The number of aromatic nitrogens is 1. The standard InChI is InChI=1S/C13H21N3/c1-2-13-5-9-16(10-8-15-13)11-12-3-6-14-7-4-12/h3-4,6-7,13,15H,2,5,8-11H2,1H3. The van der Waals surface area contributed by atoms with Gasteiger partial charge in [-0.15, -0.1) is 0 Å². The van der Waals surface area contributed by atoms with E-state index in [2.05, 4.69) is 34.3 Å². The van der Waals surface area contributed by atoms with Crippen LogP contribution in [-0.2, 0) is 6.54 Å². The van der Waals surface area contributed by atoms with Crippen molar-refractivity contribution in [3.8, 4) is 0 Å². The Kier molecular flexibility index (Phi) is 4.31. The second-order valence-corrected chi connectivity index (χ2v) is 4.48. The molecular weight excluding hydrogens is 198 g/mol. The quantitative estimate of drug-likeness (QED) is 0.838. The molecule has 2 rings (SSSR count). The van der Waals surface area contributed by atoms with Crippen molar-refractivity contribution in [2.45, 2.75) is 32.4 Å². The van der Waals surface area contributed by atoms with Crippen LogP contribution in [0.2, 0.25) is 0 Å². The number of rotatable bonds is 3. The Balaban J connectivity index is 1.86. The highest BCUT2D eigenvalue weighted by atomic mass is 15.2. The van der Waals surface area contributed by atoms with E-state index in [1.807, 2.05) is 12.4 Å². The molecule has 1 aromatic rings. The van der Waals surface area contributed by atoms with Crippen LogP contribution in [-0.4, -0.2) is 35.6 Å². The molecule has 1 N–H and O–H groups in total. The van der Waals surface area contributed by atoms with Crippen molar-refractivity contribution in [1.29, 1.82) is 0 Å². The van der Waals surface area contributed by atoms with Crippen LogP contribution in [0.5, 0.6) is 0 Å². The van der Waals surface area contributed by atoms with Crippen molar-refractivity contribution >= 4 is 0 Å². The number of hydrogen-bond donors (Lipinski definition) is 1. The van der Waals surface area contributed by atoms with Gasteiger partial charge in [-0.1, -0.05) is 6.92 Å². The summed E-state index contributed by atoms with van der Waals surface area (Å²) in [6, 6.07) is 4.92. The number of hydrogen-bond acceptors (Lipinski definition) is 3. The van der Waals surface area contributed by atoms with Gasteiger partial charge in [0.05, 0.1) is 0 Å². The lowest BCUT2D eigenvalue weighted by Gasteiger charge is -2.19. The van der Waals surface area contributed by atoms with Crippen molar-refractivity contribution in [2.24, 2.45) is 0 Å². The second-order valence-electron chi connectivity index (χ2n) is 4.48. The smallest absolute Gasteiger partial charge is 0.0271 e. The second kappa shape index (κ2) is 5.97. The maximum atomic E-state index is 4.05. The normalized spacial score (nSPS) is 22.9. The molecular formula is C13H21N3. The summed E-state index contributed by atoms with van der Waals surface area (Å²) >= 11 is 0. The Bertz CT molecular complexity index is 299. The van der Waals surface area contributed by atoms with Gasteiger partial charge in [0.1, 0.15) is 0 Å². The van der Waals surface area contributed by atoms with Gasteiger partial charge in [0, 0.05) is 44.6 Å². The van der Waals surface area contributed by atoms with E-state index in [1.54, 1.807) is 0 Å². The van der Waals surface area contributed by atoms with Crippen molar-refractivity contribution in [2.75, 3.05) is 19.6 Å². The minimum absolute atomic E-state index is 0.711. The van der Waals surface area contributed by atoms with Crippen LogP contribution in [0.15, 0.2) is 24.5 Å². The summed E-state index contributed by atoms with van der Waals surface area (Å²) < 4.78 is 0. The maximum absolute atomic E-state index is 4.05. The van der Waals surface area contributed by atoms with E-state index in [-0.39, 0.29) is 0 Å². The van der Waals surface area contributed by atoms with Gasteiger partial charge in [-0.2, -0.15) is 0 Å². The highest BCUT2D eigenvalue weighted by Gasteiger charge is 2.14. The lowest BCUT2D eigenvalue weighted by Crippen LogP contribution is -2.29. The molecule has 1 aliphatic heterocycles. The van der Waals surface area contributed by atoms with Gasteiger partial charge in [-0.25, -0.2) is 0 Å². The van der Waals surface area contributed by atoms with Crippen LogP contribution < -0.4 is 5.32 Å². The molecule has 1 aromatic heterocycles. The van der Waals surface area contributed by atoms with Gasteiger partial charge in [-0.3, -0.25) is 9.88 Å². The first kappa shape index (κ1) is 11.6. The van der Waals surface area contributed by atoms with Crippen LogP contribution in [0.3, 0.4) is 0 Å². The van der Waals surface area contributed by atoms with E-state index in [1.165, 1.54) is 24.9 Å². The third kappa shape index (κ3) is 3.29. The van der Waals surface area contributed by atoms with E-state index in [0.29, 0.717) is 6.04 Å². The molecule has 1 aliphatic rings. The first-order valence-electron chi connectivity index (χ1n) is 6.23. The van der Waals surface area contributed by atoms with Crippen LogP contribution in [0.1, 0.15) is 25.3 Å². The van der Waals surface area contributed by atoms with Gasteiger partial charge in [-0.05, 0) is 30.5 Å². The average molecular weight is 219 g/mol. The highest BCUT2D eigenvalue weighted by molar-refractivity contribution is 5.09. The molecule has 3 nitrogen and oxygen atoms in total. The lowest BCUT2D eigenvalue weighted by molar-refractivity contribution is 0.281. The summed E-state index contributed by atoms with van der Waals surface area (Å²) in [6.07, 6.45) is 6.26. The Morgan fingerprint density at radius 3 is 2.94 bits per heavy atom. The summed E-state index contributed by atoms with van der Waals surface area (Å²) in [7, 11) is 0. The molecule has 0 spiro atoms. The Morgan fingerprint density at radius 1 is 1.38 bits per heavy atom. The maximum Gasteiger partial charge on any atom is 0.0271 e. The van der Waals surface area contributed by atoms with Crippen LogP contribution >= 0.6 is 0 Å². The summed E-state index contributed by atoms with van der Waals surface area (Å²) in [5, 5.41) is 3.59. The molecule has 3 heteroatoms. The predicted molar refractivity (Wildman–Crippen MR) is 66.2 cm³/mol. The van der Waals surface area contributed by atoms with E-state index in [9.17, 15) is 0 Å². The van der Waals surface area contributed by atoms with Gasteiger partial charge in [0.15, 0.2) is 0 Å². The third-order valence-electron chi connectivity index (χ3n) is 3.30. The van der Waals surface area contributed by atoms with Crippen molar-refractivity contribution in [1.82, 2.24) is 15.2 Å². The molecule has 0 amide bonds. The topological polar surface area (TPSA) is 28.2 Å². The van der Waals surface area contributed by atoms with Crippen LogP contribution in [0.4, 0.5) is 0 Å². The van der Waals surface area contributed by atoms with E-state index in [0.717, 1.165) is 19.6 Å². The molecule has 0 aliphatic carbocycles. The molecule has 88 valence electrons. The summed E-state index contributed by atoms with van der Waals surface area (Å²) in [5.74, 6) is 0. The van der Waals surface area contributed by atoms with Gasteiger partial charge < -0.3 is 5.32 Å². The molecule has 16 heavy (non-hydrogen) atoms. The summed E-state index contributed by atoms with van der Waals surface area (Å²) in [4.78, 5) is 6.58. The fraction of sp³-hybridized carbons (Fsp3) is 0.615. The molecule has 1 saturated heterocycles. The van der Waals surface area contributed by atoms with Gasteiger partial charge in [0.25, 0.3) is 0 Å². The summed E-state index contributed by atoms with van der Waals surface area (Å²) in [5.41, 5.74) is 1.37. The fourth-order valence-electron chi connectivity index (χ4n) is 2.23. The molecule has 1 atom stereocenters. The zero-order valence-corrected chi connectivity index (χ0v) is 10.0. The largest absolute Gasteiger partial charge is 0.313 e. The van der Waals surface area contributed by atoms with E-state index in [4.69, 9.17) is 0 Å². The molecule has 0 saturated carbocycles. The van der Waals surface area contributed by atoms with Crippen molar-refractivity contribution in [3.63, 3.8) is 0 Å². The minimum Gasteiger partial charge on any atom is -0.313 e. The molecule has 0 radical (unpaired) electrons. The Morgan fingerprint density at radius 2 is 2.19 bits per heavy atom. The van der Waals surface area contributed by atoms with E-state index >= 15 is 0 Å². The van der Waals surface area contributed by atoms with Gasteiger partial charge >= 0.3 is 0 Å². The van der Waals surface area contributed by atoms with Gasteiger partial charge in [0.2, 0.25) is 0 Å². The number of nitrogens with zero attached hydrogens (tertiary/aromatic N) is 2. The number of pyridine rings is 1. The summed E-state index contributed by atoms with van der Waals surface area (Å²) in [6.45, 7) is 6.78. The first-order chi connectivity index (χ1) is 7.88. The van der Waals surface area contributed by atoms with E-state index < -0.39 is 0 Å². The molecule has 0 aromatic carbocycles. The SMILES string of the molecule is CCC1CCN(Cc2ccncc2)CCN1. The zero-order valence-electron chi connectivity index (χ0n) is 10.0. The van der Waals surface area contributed by atoms with Crippen LogP contribution in [0.25, 0.3) is 0 Å². The molecule has 1 unspecified atom stereocenters. The monoisotopic (exact) mass is 219 g/mol. The molecule has 1 fully saturated rings. The van der Waals surface area contributed by atoms with Crippen molar-refractivity contribution in [3.05, 3.63) is 30.1 Å². The first-order valence-corrected chi connectivity index (χ1v) is 6.23.